The molecule has 3 nitrogen and oxygen atoms in total. The quantitative estimate of drug-likeness (QED) is 0.443. The van der Waals surface area contributed by atoms with Crippen molar-refractivity contribution in [1.82, 2.24) is 10.6 Å². The molecule has 0 spiro atoms. The second-order valence-electron chi connectivity index (χ2n) is 2.56. The Morgan fingerprint density at radius 1 is 1.55 bits per heavy atom. The number of hydrogen-bond acceptors (Lipinski definition) is 2. The maximum atomic E-state index is 10.7. The average Bonchev–Trinajstić information content (AvgIpc) is 1.97. The largest absolute Gasteiger partial charge is 0.359 e. The molecular weight excluding hydrogens is 140 g/mol. The molecule has 1 amide bonds. The van der Waals surface area contributed by atoms with Gasteiger partial charge >= 0.3 is 0 Å². The van der Waals surface area contributed by atoms with E-state index in [9.17, 15) is 4.79 Å². The van der Waals surface area contributed by atoms with Gasteiger partial charge in [-0.05, 0) is 6.92 Å². The summed E-state index contributed by atoms with van der Waals surface area (Å²) in [7, 11) is 1.64. The molecule has 2 N–H and O–H groups in total. The lowest BCUT2D eigenvalue weighted by atomic mass is 10.3. The van der Waals surface area contributed by atoms with Crippen molar-refractivity contribution in [3.8, 4) is 0 Å². The molecule has 0 atom stereocenters. The third-order valence-corrected chi connectivity index (χ3v) is 1.23. The van der Waals surface area contributed by atoms with Gasteiger partial charge in [0.1, 0.15) is 0 Å². The lowest BCUT2D eigenvalue weighted by Gasteiger charge is -2.02. The first-order valence-corrected chi connectivity index (χ1v) is 3.72. The van der Waals surface area contributed by atoms with Gasteiger partial charge in [-0.25, -0.2) is 0 Å². The first kappa shape index (κ1) is 10.2. The number of carbonyl (C=O) groups is 1. The maximum Gasteiger partial charge on any atom is 0.221 e. The van der Waals surface area contributed by atoms with Crippen molar-refractivity contribution in [2.45, 2.75) is 13.3 Å². The van der Waals surface area contributed by atoms with E-state index in [1.165, 1.54) is 0 Å². The Kier molecular flexibility index (Phi) is 5.47. The van der Waals surface area contributed by atoms with Crippen LogP contribution in [0.2, 0.25) is 0 Å². The number of carbonyl (C=O) groups excluding carboxylic acids is 1. The van der Waals surface area contributed by atoms with E-state index in [0.29, 0.717) is 13.0 Å². The van der Waals surface area contributed by atoms with Crippen molar-refractivity contribution >= 4 is 5.91 Å². The minimum absolute atomic E-state index is 0.0687. The SMILES string of the molecule is C=C(C)CNCCC(=O)NC. The Morgan fingerprint density at radius 3 is 2.64 bits per heavy atom. The van der Waals surface area contributed by atoms with Gasteiger partial charge in [-0.3, -0.25) is 4.79 Å². The monoisotopic (exact) mass is 156 g/mol. The van der Waals surface area contributed by atoms with E-state index in [0.717, 1.165) is 12.1 Å². The van der Waals surface area contributed by atoms with Crippen molar-refractivity contribution < 1.29 is 4.79 Å². The summed E-state index contributed by atoms with van der Waals surface area (Å²) in [5, 5.41) is 5.64. The smallest absolute Gasteiger partial charge is 0.221 e. The minimum atomic E-state index is 0.0687. The highest BCUT2D eigenvalue weighted by molar-refractivity contribution is 5.75. The van der Waals surface area contributed by atoms with Gasteiger partial charge in [0.15, 0.2) is 0 Å². The normalized spacial score (nSPS) is 9.27. The van der Waals surface area contributed by atoms with Crippen LogP contribution in [0.3, 0.4) is 0 Å². The van der Waals surface area contributed by atoms with Gasteiger partial charge in [-0.1, -0.05) is 12.2 Å². The molecule has 0 aliphatic rings. The van der Waals surface area contributed by atoms with Gasteiger partial charge in [0.25, 0.3) is 0 Å². The highest BCUT2D eigenvalue weighted by atomic mass is 16.1. The summed E-state index contributed by atoms with van der Waals surface area (Å²) in [6.07, 6.45) is 0.532. The summed E-state index contributed by atoms with van der Waals surface area (Å²) in [5.41, 5.74) is 1.09. The lowest BCUT2D eigenvalue weighted by Crippen LogP contribution is -2.25. The maximum absolute atomic E-state index is 10.7. The van der Waals surface area contributed by atoms with Crippen LogP contribution < -0.4 is 10.6 Å². The molecule has 0 heterocycles. The van der Waals surface area contributed by atoms with Crippen molar-refractivity contribution in [2.75, 3.05) is 20.1 Å². The van der Waals surface area contributed by atoms with E-state index in [1.807, 2.05) is 6.92 Å². The summed E-state index contributed by atoms with van der Waals surface area (Å²) in [6, 6.07) is 0. The highest BCUT2D eigenvalue weighted by Gasteiger charge is 1.95. The Labute approximate surface area is 67.9 Å². The third kappa shape index (κ3) is 7.06. The predicted molar refractivity (Wildman–Crippen MR) is 46.4 cm³/mol. The van der Waals surface area contributed by atoms with Gasteiger partial charge in [-0.15, -0.1) is 0 Å². The third-order valence-electron chi connectivity index (χ3n) is 1.23. The molecule has 0 aromatic carbocycles. The van der Waals surface area contributed by atoms with Crippen LogP contribution in [-0.4, -0.2) is 26.0 Å². The van der Waals surface area contributed by atoms with E-state index >= 15 is 0 Å². The van der Waals surface area contributed by atoms with E-state index in [4.69, 9.17) is 0 Å². The van der Waals surface area contributed by atoms with E-state index in [1.54, 1.807) is 7.05 Å². The molecule has 0 aliphatic carbocycles. The number of amides is 1. The molecule has 64 valence electrons. The molecule has 3 heteroatoms. The molecule has 0 fully saturated rings. The first-order valence-electron chi connectivity index (χ1n) is 3.72. The molecular formula is C8H16N2O. The molecule has 0 radical (unpaired) electrons. The molecule has 0 saturated carbocycles. The highest BCUT2D eigenvalue weighted by Crippen LogP contribution is 1.82. The fraction of sp³-hybridized carbons (Fsp3) is 0.625. The van der Waals surface area contributed by atoms with Crippen LogP contribution in [-0.2, 0) is 4.79 Å². The zero-order valence-corrected chi connectivity index (χ0v) is 7.24. The molecule has 0 unspecified atom stereocenters. The molecule has 0 bridgehead atoms. The summed E-state index contributed by atoms with van der Waals surface area (Å²) >= 11 is 0. The van der Waals surface area contributed by atoms with Crippen molar-refractivity contribution in [2.24, 2.45) is 0 Å². The Bertz CT molecular complexity index is 143. The zero-order chi connectivity index (χ0) is 8.69. The van der Waals surface area contributed by atoms with Gasteiger partial charge in [0, 0.05) is 26.6 Å². The first-order chi connectivity index (χ1) is 5.16. The van der Waals surface area contributed by atoms with Gasteiger partial charge in [0.05, 0.1) is 0 Å². The minimum Gasteiger partial charge on any atom is -0.359 e. The molecule has 0 aromatic heterocycles. The molecule has 11 heavy (non-hydrogen) atoms. The van der Waals surface area contributed by atoms with Crippen LogP contribution in [0.5, 0.6) is 0 Å². The van der Waals surface area contributed by atoms with Gasteiger partial charge in [-0.2, -0.15) is 0 Å². The lowest BCUT2D eigenvalue weighted by molar-refractivity contribution is -0.120. The van der Waals surface area contributed by atoms with E-state index in [2.05, 4.69) is 17.2 Å². The molecule has 0 aromatic rings. The van der Waals surface area contributed by atoms with Crippen LogP contribution in [0, 0.1) is 0 Å². The van der Waals surface area contributed by atoms with Crippen molar-refractivity contribution in [3.63, 3.8) is 0 Å². The second kappa shape index (κ2) is 5.92. The van der Waals surface area contributed by atoms with Crippen LogP contribution in [0.15, 0.2) is 12.2 Å². The number of rotatable bonds is 5. The number of nitrogens with one attached hydrogen (secondary N) is 2. The molecule has 0 aliphatic heterocycles. The van der Waals surface area contributed by atoms with Crippen LogP contribution >= 0.6 is 0 Å². The van der Waals surface area contributed by atoms with Crippen molar-refractivity contribution in [1.29, 1.82) is 0 Å². The number of hydrogen-bond donors (Lipinski definition) is 2. The standard InChI is InChI=1S/C8H16N2O/c1-7(2)6-10-5-4-8(11)9-3/h10H,1,4-6H2,2-3H3,(H,9,11). The Balaban J connectivity index is 3.14. The fourth-order valence-corrected chi connectivity index (χ4v) is 0.629. The molecule has 0 saturated heterocycles. The van der Waals surface area contributed by atoms with Gasteiger partial charge < -0.3 is 10.6 Å². The van der Waals surface area contributed by atoms with Crippen molar-refractivity contribution in [3.05, 3.63) is 12.2 Å². The zero-order valence-electron chi connectivity index (χ0n) is 7.24. The topological polar surface area (TPSA) is 41.1 Å². The van der Waals surface area contributed by atoms with Crippen LogP contribution in [0.25, 0.3) is 0 Å². The Morgan fingerprint density at radius 2 is 2.18 bits per heavy atom. The van der Waals surface area contributed by atoms with Crippen LogP contribution in [0.4, 0.5) is 0 Å². The average molecular weight is 156 g/mol. The summed E-state index contributed by atoms with van der Waals surface area (Å²) < 4.78 is 0. The Hall–Kier alpha value is -0.830. The summed E-state index contributed by atoms with van der Waals surface area (Å²) in [5.74, 6) is 0.0687. The summed E-state index contributed by atoms with van der Waals surface area (Å²) in [6.45, 7) is 7.18. The van der Waals surface area contributed by atoms with Gasteiger partial charge in [0.2, 0.25) is 5.91 Å². The van der Waals surface area contributed by atoms with E-state index < -0.39 is 0 Å². The van der Waals surface area contributed by atoms with E-state index in [-0.39, 0.29) is 5.91 Å². The molecule has 0 rings (SSSR count). The fourth-order valence-electron chi connectivity index (χ4n) is 0.629. The van der Waals surface area contributed by atoms with Crippen LogP contribution in [0.1, 0.15) is 13.3 Å². The second-order valence-corrected chi connectivity index (χ2v) is 2.56. The summed E-state index contributed by atoms with van der Waals surface area (Å²) in [4.78, 5) is 10.7. The predicted octanol–water partition coefficient (Wildman–Crippen LogP) is 0.288.